The molecule has 0 fully saturated rings. The van der Waals surface area contributed by atoms with Gasteiger partial charge in [-0.3, -0.25) is 9.59 Å². The average molecular weight is 388 g/mol. The van der Waals surface area contributed by atoms with E-state index in [2.05, 4.69) is 5.32 Å². The normalized spacial score (nSPS) is 15.0. The summed E-state index contributed by atoms with van der Waals surface area (Å²) in [6, 6.07) is 20.7. The van der Waals surface area contributed by atoms with Crippen LogP contribution in [0.3, 0.4) is 0 Å². The summed E-state index contributed by atoms with van der Waals surface area (Å²) in [6.07, 6.45) is 0.699. The van der Waals surface area contributed by atoms with E-state index in [-0.39, 0.29) is 17.6 Å². The molecular formula is C24H24N2O3. The van der Waals surface area contributed by atoms with Gasteiger partial charge < -0.3 is 14.6 Å². The van der Waals surface area contributed by atoms with Gasteiger partial charge in [0.05, 0.1) is 18.2 Å². The number of nitrogens with zero attached hydrogens (tertiary/aromatic N) is 1. The molecule has 1 amide bonds. The van der Waals surface area contributed by atoms with Gasteiger partial charge in [-0.05, 0) is 31.5 Å². The molecule has 0 aliphatic carbocycles. The van der Waals surface area contributed by atoms with Gasteiger partial charge in [0.1, 0.15) is 5.75 Å². The van der Waals surface area contributed by atoms with Crippen molar-refractivity contribution in [1.82, 2.24) is 9.88 Å². The summed E-state index contributed by atoms with van der Waals surface area (Å²) in [5.74, 6) is 0.517. The standard InChI is InChI=1S/C24H24N2O3/c1-2-29-22-11-7-6-10-18(22)16-25-24(28)19-14-15-26-20(19)12-13-21(26)23(27)17-8-4-3-5-9-17/h3-13,19H,2,14-16H2,1H3,(H,25,28). The van der Waals surface area contributed by atoms with E-state index in [0.717, 1.165) is 17.0 Å². The molecule has 1 unspecified atom stereocenters. The van der Waals surface area contributed by atoms with E-state index < -0.39 is 0 Å². The first-order valence-electron chi connectivity index (χ1n) is 9.96. The van der Waals surface area contributed by atoms with Gasteiger partial charge in [0.2, 0.25) is 11.7 Å². The van der Waals surface area contributed by atoms with Crippen LogP contribution in [0.4, 0.5) is 0 Å². The van der Waals surface area contributed by atoms with Crippen LogP contribution in [0.5, 0.6) is 5.75 Å². The highest BCUT2D eigenvalue weighted by molar-refractivity contribution is 6.08. The summed E-state index contributed by atoms with van der Waals surface area (Å²) < 4.78 is 7.61. The number of hydrogen-bond donors (Lipinski definition) is 1. The van der Waals surface area contributed by atoms with E-state index in [4.69, 9.17) is 4.74 Å². The number of benzene rings is 2. The fourth-order valence-electron chi connectivity index (χ4n) is 3.90. The Morgan fingerprint density at radius 3 is 2.59 bits per heavy atom. The lowest BCUT2D eigenvalue weighted by Crippen LogP contribution is -2.28. The summed E-state index contributed by atoms with van der Waals surface area (Å²) >= 11 is 0. The SMILES string of the molecule is CCOc1ccccc1CNC(=O)C1CCn2c(C(=O)c3ccccc3)ccc21. The maximum atomic E-state index is 12.8. The molecule has 3 aromatic rings. The van der Waals surface area contributed by atoms with Crippen molar-refractivity contribution in [3.05, 3.63) is 89.2 Å². The lowest BCUT2D eigenvalue weighted by molar-refractivity contribution is -0.122. The number of fused-ring (bicyclic) bond motifs is 1. The number of hydrogen-bond acceptors (Lipinski definition) is 3. The Morgan fingerprint density at radius 2 is 1.79 bits per heavy atom. The van der Waals surface area contributed by atoms with Gasteiger partial charge in [-0.15, -0.1) is 0 Å². The van der Waals surface area contributed by atoms with Crippen LogP contribution in [0.2, 0.25) is 0 Å². The number of carbonyl (C=O) groups is 2. The molecule has 29 heavy (non-hydrogen) atoms. The Morgan fingerprint density at radius 1 is 1.03 bits per heavy atom. The summed E-state index contributed by atoms with van der Waals surface area (Å²) in [4.78, 5) is 25.7. The third kappa shape index (κ3) is 3.81. The fourth-order valence-corrected chi connectivity index (χ4v) is 3.90. The van der Waals surface area contributed by atoms with Gasteiger partial charge in [-0.25, -0.2) is 0 Å². The summed E-state index contributed by atoms with van der Waals surface area (Å²) in [6.45, 7) is 3.61. The number of aromatic nitrogens is 1. The largest absolute Gasteiger partial charge is 0.494 e. The molecule has 0 radical (unpaired) electrons. The number of para-hydroxylation sites is 1. The van der Waals surface area contributed by atoms with Gasteiger partial charge in [0.25, 0.3) is 0 Å². The third-order valence-corrected chi connectivity index (χ3v) is 5.32. The molecule has 1 N–H and O–H groups in total. The van der Waals surface area contributed by atoms with Crippen molar-refractivity contribution in [1.29, 1.82) is 0 Å². The number of ketones is 1. The van der Waals surface area contributed by atoms with Crippen molar-refractivity contribution in [2.24, 2.45) is 0 Å². The molecule has 1 aromatic heterocycles. The zero-order valence-corrected chi connectivity index (χ0v) is 16.4. The van der Waals surface area contributed by atoms with Crippen LogP contribution >= 0.6 is 0 Å². The maximum Gasteiger partial charge on any atom is 0.229 e. The van der Waals surface area contributed by atoms with Crippen molar-refractivity contribution in [2.75, 3.05) is 6.61 Å². The first kappa shape index (κ1) is 19.0. The first-order chi connectivity index (χ1) is 14.2. The van der Waals surface area contributed by atoms with Gasteiger partial charge in [-0.1, -0.05) is 48.5 Å². The first-order valence-corrected chi connectivity index (χ1v) is 9.96. The second-order valence-electron chi connectivity index (χ2n) is 7.09. The smallest absolute Gasteiger partial charge is 0.229 e. The molecule has 0 bridgehead atoms. The number of rotatable bonds is 7. The van der Waals surface area contributed by atoms with Gasteiger partial charge in [0.15, 0.2) is 0 Å². The van der Waals surface area contributed by atoms with Crippen LogP contribution in [0.25, 0.3) is 0 Å². The van der Waals surface area contributed by atoms with E-state index in [1.807, 2.05) is 78.2 Å². The molecule has 1 aliphatic rings. The van der Waals surface area contributed by atoms with Crippen LogP contribution in [0.15, 0.2) is 66.7 Å². The Balaban J connectivity index is 1.47. The van der Waals surface area contributed by atoms with E-state index in [9.17, 15) is 9.59 Å². The van der Waals surface area contributed by atoms with E-state index in [1.54, 1.807) is 0 Å². The molecule has 2 aromatic carbocycles. The lowest BCUT2D eigenvalue weighted by Gasteiger charge is -2.13. The van der Waals surface area contributed by atoms with Gasteiger partial charge in [0, 0.05) is 29.9 Å². The quantitative estimate of drug-likeness (QED) is 0.624. The Hall–Kier alpha value is -3.34. The number of amides is 1. The van der Waals surface area contributed by atoms with E-state index >= 15 is 0 Å². The molecule has 1 aliphatic heterocycles. The molecular weight excluding hydrogens is 364 g/mol. The molecule has 1 atom stereocenters. The molecule has 5 nitrogen and oxygen atoms in total. The van der Waals surface area contributed by atoms with Crippen LogP contribution in [0, 0.1) is 0 Å². The Kier molecular flexibility index (Phi) is 5.47. The molecule has 148 valence electrons. The highest BCUT2D eigenvalue weighted by atomic mass is 16.5. The molecule has 0 spiro atoms. The maximum absolute atomic E-state index is 12.8. The highest BCUT2D eigenvalue weighted by Crippen LogP contribution is 2.31. The van der Waals surface area contributed by atoms with Crippen molar-refractivity contribution >= 4 is 11.7 Å². The molecule has 4 rings (SSSR count). The zero-order valence-electron chi connectivity index (χ0n) is 16.4. The van der Waals surface area contributed by atoms with Crippen LogP contribution in [0.1, 0.15) is 46.6 Å². The summed E-state index contributed by atoms with van der Waals surface area (Å²) in [7, 11) is 0. The highest BCUT2D eigenvalue weighted by Gasteiger charge is 2.31. The Bertz CT molecular complexity index is 1020. The van der Waals surface area contributed by atoms with Crippen molar-refractivity contribution in [3.63, 3.8) is 0 Å². The van der Waals surface area contributed by atoms with Crippen LogP contribution in [-0.4, -0.2) is 22.9 Å². The molecule has 0 saturated heterocycles. The van der Waals surface area contributed by atoms with E-state index in [0.29, 0.717) is 37.4 Å². The van der Waals surface area contributed by atoms with Gasteiger partial charge in [-0.2, -0.15) is 0 Å². The predicted octanol–water partition coefficient (Wildman–Crippen LogP) is 3.92. The topological polar surface area (TPSA) is 60.3 Å². The van der Waals surface area contributed by atoms with Crippen LogP contribution in [-0.2, 0) is 17.9 Å². The van der Waals surface area contributed by atoms with Crippen molar-refractivity contribution in [3.8, 4) is 5.75 Å². The summed E-state index contributed by atoms with van der Waals surface area (Å²) in [5.41, 5.74) is 3.16. The fraction of sp³-hybridized carbons (Fsp3) is 0.250. The molecule has 2 heterocycles. The second-order valence-corrected chi connectivity index (χ2v) is 7.09. The summed E-state index contributed by atoms with van der Waals surface area (Å²) in [5, 5.41) is 3.03. The minimum Gasteiger partial charge on any atom is -0.494 e. The third-order valence-electron chi connectivity index (χ3n) is 5.32. The van der Waals surface area contributed by atoms with Gasteiger partial charge >= 0.3 is 0 Å². The van der Waals surface area contributed by atoms with E-state index in [1.165, 1.54) is 0 Å². The number of carbonyl (C=O) groups excluding carboxylic acids is 2. The average Bonchev–Trinajstić information content (AvgIpc) is 3.35. The number of ether oxygens (including phenoxy) is 1. The number of nitrogens with one attached hydrogen (secondary N) is 1. The zero-order chi connectivity index (χ0) is 20.2. The monoisotopic (exact) mass is 388 g/mol. The second kappa shape index (κ2) is 8.35. The van der Waals surface area contributed by atoms with Crippen molar-refractivity contribution < 1.29 is 14.3 Å². The lowest BCUT2D eigenvalue weighted by atomic mass is 10.0. The van der Waals surface area contributed by atoms with Crippen LogP contribution < -0.4 is 10.1 Å². The Labute approximate surface area is 170 Å². The minimum absolute atomic E-state index is 0.0106. The molecule has 5 heteroatoms. The predicted molar refractivity (Wildman–Crippen MR) is 111 cm³/mol. The minimum atomic E-state index is -0.244. The molecule has 0 saturated carbocycles. The van der Waals surface area contributed by atoms with Crippen molar-refractivity contribution in [2.45, 2.75) is 32.4 Å².